The van der Waals surface area contributed by atoms with Crippen LogP contribution in [-0.4, -0.2) is 105 Å². The number of hydrogen-bond acceptors (Lipinski definition) is 13. The molecule has 1 aliphatic rings. The first-order valence-corrected chi connectivity index (χ1v) is 15.8. The summed E-state index contributed by atoms with van der Waals surface area (Å²) in [5, 5.41) is 17.7. The zero-order chi connectivity index (χ0) is 36.6. The third-order valence-corrected chi connectivity index (χ3v) is 7.35. The molecule has 1 aromatic rings. The van der Waals surface area contributed by atoms with Crippen LogP contribution in [0.4, 0.5) is 0 Å². The largest absolute Gasteiger partial charge is 0.465 e. The molecule has 3 N–H and O–H groups in total. The molecule has 0 spiro atoms. The molecule has 0 bridgehead atoms. The van der Waals surface area contributed by atoms with Crippen molar-refractivity contribution in [3.8, 4) is 0 Å². The van der Waals surface area contributed by atoms with Gasteiger partial charge in [0.25, 0.3) is 10.1 Å². The van der Waals surface area contributed by atoms with Crippen LogP contribution in [-0.2, 0) is 53.0 Å². The Balaban J connectivity index is 0. The predicted molar refractivity (Wildman–Crippen MR) is 167 cm³/mol. The van der Waals surface area contributed by atoms with Gasteiger partial charge < -0.3 is 33.9 Å². The first kappa shape index (κ1) is 45.3. The molecule has 0 radical (unpaired) electrons. The summed E-state index contributed by atoms with van der Waals surface area (Å²) < 4.78 is 54.7. The molecular formula is C31H52O14S. The molecule has 1 aromatic carbocycles. The van der Waals surface area contributed by atoms with Gasteiger partial charge in [-0.15, -0.1) is 0 Å². The maximum atomic E-state index is 11.8. The van der Waals surface area contributed by atoms with Crippen LogP contribution in [0.25, 0.3) is 0 Å². The summed E-state index contributed by atoms with van der Waals surface area (Å²) in [4.78, 5) is 45.5. The van der Waals surface area contributed by atoms with Gasteiger partial charge in [0.15, 0.2) is 28.2 Å². The summed E-state index contributed by atoms with van der Waals surface area (Å²) in [6.45, 7) is 16.0. The number of methoxy groups -OCH3 is 1. The molecule has 14 nitrogen and oxygen atoms in total. The van der Waals surface area contributed by atoms with E-state index in [1.807, 2.05) is 27.7 Å². The summed E-state index contributed by atoms with van der Waals surface area (Å²) in [5.74, 6) is -3.10. The summed E-state index contributed by atoms with van der Waals surface area (Å²) in [6, 6.07) is 5.99. The Morgan fingerprint density at radius 3 is 1.59 bits per heavy atom. The molecule has 0 aromatic heterocycles. The Bertz CT molecular complexity index is 1200. The van der Waals surface area contributed by atoms with Gasteiger partial charge in [-0.25, -0.2) is 0 Å². The van der Waals surface area contributed by atoms with Crippen molar-refractivity contribution in [2.24, 2.45) is 10.8 Å². The highest BCUT2D eigenvalue weighted by Gasteiger charge is 2.51. The van der Waals surface area contributed by atoms with E-state index in [4.69, 9.17) is 33.7 Å². The van der Waals surface area contributed by atoms with Crippen molar-refractivity contribution in [2.45, 2.75) is 85.5 Å². The fourth-order valence-electron chi connectivity index (χ4n) is 2.94. The highest BCUT2D eigenvalue weighted by Crippen LogP contribution is 2.32. The number of aliphatic hydroxyl groups is 2. The van der Waals surface area contributed by atoms with E-state index in [1.165, 1.54) is 19.1 Å². The molecule has 0 saturated carbocycles. The van der Waals surface area contributed by atoms with E-state index in [1.54, 1.807) is 46.9 Å². The molecule has 0 aliphatic carbocycles. The fraction of sp³-hybridized carbons (Fsp3) is 0.677. The van der Waals surface area contributed by atoms with E-state index >= 15 is 0 Å². The van der Waals surface area contributed by atoms with E-state index in [0.29, 0.717) is 0 Å². The van der Waals surface area contributed by atoms with E-state index in [0.717, 1.165) is 12.5 Å². The highest BCUT2D eigenvalue weighted by molar-refractivity contribution is 7.85. The second-order valence-electron chi connectivity index (χ2n) is 11.6. The van der Waals surface area contributed by atoms with Crippen molar-refractivity contribution in [1.29, 1.82) is 0 Å². The number of carbonyl (C=O) groups excluding carboxylic acids is 4. The first-order chi connectivity index (χ1) is 20.9. The summed E-state index contributed by atoms with van der Waals surface area (Å²) in [6.07, 6.45) is 0. The second-order valence-corrected chi connectivity index (χ2v) is 13.0. The van der Waals surface area contributed by atoms with Crippen molar-refractivity contribution < 1.29 is 66.0 Å². The van der Waals surface area contributed by atoms with Crippen molar-refractivity contribution in [3.63, 3.8) is 0 Å². The lowest BCUT2D eigenvalue weighted by Gasteiger charge is -2.40. The molecule has 0 unspecified atom stereocenters. The quantitative estimate of drug-likeness (QED) is 0.195. The van der Waals surface area contributed by atoms with Crippen LogP contribution in [0.3, 0.4) is 0 Å². The van der Waals surface area contributed by atoms with Gasteiger partial charge in [0.05, 0.1) is 50.1 Å². The number of ether oxygens (including phenoxy) is 5. The minimum absolute atomic E-state index is 0.00810. The van der Waals surface area contributed by atoms with Gasteiger partial charge in [-0.2, -0.15) is 8.42 Å². The maximum absolute atomic E-state index is 11.8. The number of rotatable bonds is 9. The van der Waals surface area contributed by atoms with Crippen LogP contribution in [0.1, 0.15) is 67.9 Å². The predicted octanol–water partition coefficient (Wildman–Crippen LogP) is 2.69. The highest BCUT2D eigenvalue weighted by atomic mass is 32.2. The van der Waals surface area contributed by atoms with E-state index < -0.39 is 57.7 Å². The smallest absolute Gasteiger partial charge is 0.324 e. The molecule has 1 aliphatic heterocycles. The number of benzene rings is 1. The third kappa shape index (κ3) is 15.2. The van der Waals surface area contributed by atoms with Crippen LogP contribution >= 0.6 is 0 Å². The average Bonchev–Trinajstić information content (AvgIpc) is 2.94. The lowest BCUT2D eigenvalue weighted by Crippen LogP contribution is -2.54. The SMILES string of the molecule is CCOC(=O)C(CO)(CO)C(C)=O.CCOC(=O)C1(C(C)=O)COC(C)(C)OC1.COC(C)(C)C.Cc1ccc(S(=O)(=O)O)cc1. The Morgan fingerprint density at radius 1 is 0.891 bits per heavy atom. The van der Waals surface area contributed by atoms with Crippen LogP contribution in [0, 0.1) is 17.8 Å². The molecule has 15 heteroatoms. The Morgan fingerprint density at radius 2 is 1.30 bits per heavy atom. The monoisotopic (exact) mass is 680 g/mol. The van der Waals surface area contributed by atoms with Crippen molar-refractivity contribution in [1.82, 2.24) is 0 Å². The van der Waals surface area contributed by atoms with E-state index in [-0.39, 0.29) is 42.7 Å². The number of aliphatic hydroxyl groups excluding tert-OH is 2. The van der Waals surface area contributed by atoms with Crippen molar-refractivity contribution >= 4 is 33.6 Å². The van der Waals surface area contributed by atoms with Gasteiger partial charge in [-0.05, 0) is 81.4 Å². The number of aryl methyl sites for hydroxylation is 1. The van der Waals surface area contributed by atoms with Gasteiger partial charge in [-0.3, -0.25) is 23.7 Å². The maximum Gasteiger partial charge on any atom is 0.324 e. The molecule has 2 rings (SSSR count). The van der Waals surface area contributed by atoms with Gasteiger partial charge in [-0.1, -0.05) is 17.7 Å². The second kappa shape index (κ2) is 19.8. The zero-order valence-corrected chi connectivity index (χ0v) is 29.6. The Labute approximate surface area is 272 Å². The average molecular weight is 681 g/mol. The molecule has 46 heavy (non-hydrogen) atoms. The van der Waals surface area contributed by atoms with E-state index in [9.17, 15) is 27.6 Å². The van der Waals surface area contributed by atoms with Crippen LogP contribution in [0.2, 0.25) is 0 Å². The zero-order valence-electron chi connectivity index (χ0n) is 28.8. The van der Waals surface area contributed by atoms with Gasteiger partial charge >= 0.3 is 11.9 Å². The normalized spacial score (nSPS) is 15.3. The van der Waals surface area contributed by atoms with Crippen LogP contribution in [0.5, 0.6) is 0 Å². The van der Waals surface area contributed by atoms with Crippen molar-refractivity contribution in [3.05, 3.63) is 29.8 Å². The van der Waals surface area contributed by atoms with Crippen LogP contribution in [0.15, 0.2) is 29.2 Å². The Kier molecular flexibility index (Phi) is 19.5. The number of Topliss-reactive ketones (excluding diaryl/α,β-unsaturated/α-hetero) is 2. The summed E-state index contributed by atoms with van der Waals surface area (Å²) >= 11 is 0. The van der Waals surface area contributed by atoms with E-state index in [2.05, 4.69) is 4.74 Å². The van der Waals surface area contributed by atoms with Crippen LogP contribution < -0.4 is 0 Å². The number of carbonyl (C=O) groups is 4. The number of esters is 2. The third-order valence-electron chi connectivity index (χ3n) is 6.48. The Hall–Kier alpha value is -2.79. The molecular weight excluding hydrogens is 628 g/mol. The lowest BCUT2D eigenvalue weighted by atomic mass is 9.85. The number of hydrogen-bond donors (Lipinski definition) is 3. The minimum Gasteiger partial charge on any atom is -0.465 e. The standard InChI is InChI=1S/C11H18O5.C8H14O5.C7H8O3S.C5H12O/c1-5-14-9(13)11(8(2)12)6-15-10(3,4)16-7-11;1-3-13-7(12)8(4-9,5-10)6(2)11;1-6-2-4-7(5-3-6)11(8,9)10;1-5(2,3)6-4/h5-7H2,1-4H3;9-10H,3-5H2,1-2H3;2-5H,1H3,(H,8,9,10);1-4H3. The molecule has 0 atom stereocenters. The summed E-state index contributed by atoms with van der Waals surface area (Å²) in [5.41, 5.74) is -2.10. The van der Waals surface area contributed by atoms with Gasteiger partial charge in [0.2, 0.25) is 0 Å². The fourth-order valence-corrected chi connectivity index (χ4v) is 3.42. The lowest BCUT2D eigenvalue weighted by molar-refractivity contribution is -0.278. The van der Waals surface area contributed by atoms with Gasteiger partial charge in [0.1, 0.15) is 0 Å². The molecule has 1 saturated heterocycles. The van der Waals surface area contributed by atoms with Gasteiger partial charge in [0, 0.05) is 7.11 Å². The first-order valence-electron chi connectivity index (χ1n) is 14.4. The molecule has 266 valence electrons. The molecule has 1 heterocycles. The molecule has 0 amide bonds. The van der Waals surface area contributed by atoms with Crippen molar-refractivity contribution in [2.75, 3.05) is 46.8 Å². The topological polar surface area (TPSA) is 209 Å². The minimum atomic E-state index is -4.02. The molecule has 1 fully saturated rings. The number of ketones is 2. The summed E-state index contributed by atoms with van der Waals surface area (Å²) in [7, 11) is -2.31.